The quantitative estimate of drug-likeness (QED) is 0.708. The molecule has 2 atom stereocenters. The molecular weight excluding hydrogens is 416 g/mol. The Kier molecular flexibility index (Phi) is 6.36. The first-order valence-electron chi connectivity index (χ1n) is 10.9. The number of amides is 1. The van der Waals surface area contributed by atoms with E-state index in [2.05, 4.69) is 10.9 Å². The van der Waals surface area contributed by atoms with Crippen molar-refractivity contribution >= 4 is 21.6 Å². The molecule has 0 bridgehead atoms. The number of carbonyl (C=O) groups excluding carboxylic acids is 1. The van der Waals surface area contributed by atoms with Crippen LogP contribution < -0.4 is 15.2 Å². The van der Waals surface area contributed by atoms with Gasteiger partial charge in [-0.1, -0.05) is 18.2 Å². The number of piperidine rings is 1. The smallest absolute Gasteiger partial charge is 0.267 e. The molecule has 2 saturated heterocycles. The van der Waals surface area contributed by atoms with E-state index in [0.29, 0.717) is 30.3 Å². The van der Waals surface area contributed by atoms with Gasteiger partial charge in [-0.3, -0.25) is 14.5 Å². The van der Waals surface area contributed by atoms with Crippen molar-refractivity contribution in [2.45, 2.75) is 44.0 Å². The van der Waals surface area contributed by atoms with E-state index in [1.54, 1.807) is 32.0 Å². The van der Waals surface area contributed by atoms with E-state index in [1.807, 2.05) is 23.1 Å². The van der Waals surface area contributed by atoms with Crippen molar-refractivity contribution < 1.29 is 17.6 Å². The van der Waals surface area contributed by atoms with Crippen LogP contribution in [0.1, 0.15) is 43.7 Å². The van der Waals surface area contributed by atoms with Crippen LogP contribution in [0.4, 0.5) is 5.69 Å². The normalized spacial score (nSPS) is 21.9. The standard InChI is InChI=1S/C22H30N4O4S/c1-3-26(17-10-6-4-7-11-17)31(28,29)20-14-19(30-16(20)2)21-18(15-23-24-21)22(27)25-12-8-5-9-13-25/h4,6-7,10-11,14,18,21,23-24H,3,5,8-9,12-13,15H2,1-2H3. The molecule has 0 aliphatic carbocycles. The maximum atomic E-state index is 13.4. The van der Waals surface area contributed by atoms with E-state index >= 15 is 0 Å². The second-order valence-electron chi connectivity index (χ2n) is 8.07. The second-order valence-corrected chi connectivity index (χ2v) is 9.90. The molecule has 1 amide bonds. The van der Waals surface area contributed by atoms with Gasteiger partial charge < -0.3 is 9.32 Å². The number of nitrogens with one attached hydrogen (secondary N) is 2. The van der Waals surface area contributed by atoms with E-state index in [1.165, 1.54) is 4.31 Å². The number of likely N-dealkylation sites (tertiary alicyclic amines) is 1. The number of sulfonamides is 1. The SMILES string of the molecule is CCN(c1ccccc1)S(=O)(=O)c1cc(C2NNCC2C(=O)N2CCCCC2)oc1C. The molecule has 0 spiro atoms. The molecule has 8 nitrogen and oxygen atoms in total. The van der Waals surface area contributed by atoms with Crippen molar-refractivity contribution in [3.05, 3.63) is 47.9 Å². The summed E-state index contributed by atoms with van der Waals surface area (Å²) in [6.07, 6.45) is 3.21. The molecule has 2 aromatic rings. The molecule has 2 unspecified atom stereocenters. The number of rotatable bonds is 6. The predicted molar refractivity (Wildman–Crippen MR) is 118 cm³/mol. The summed E-state index contributed by atoms with van der Waals surface area (Å²) in [4.78, 5) is 15.1. The van der Waals surface area contributed by atoms with Gasteiger partial charge in [0, 0.05) is 32.2 Å². The molecule has 0 radical (unpaired) electrons. The zero-order chi connectivity index (χ0) is 22.0. The van der Waals surface area contributed by atoms with Crippen LogP contribution >= 0.6 is 0 Å². The number of benzene rings is 1. The highest BCUT2D eigenvalue weighted by molar-refractivity contribution is 7.92. The maximum Gasteiger partial charge on any atom is 0.267 e. The molecule has 31 heavy (non-hydrogen) atoms. The highest BCUT2D eigenvalue weighted by atomic mass is 32.2. The fourth-order valence-electron chi connectivity index (χ4n) is 4.45. The molecule has 2 N–H and O–H groups in total. The van der Waals surface area contributed by atoms with Crippen LogP contribution in [0.2, 0.25) is 0 Å². The summed E-state index contributed by atoms with van der Waals surface area (Å²) >= 11 is 0. The Morgan fingerprint density at radius 3 is 2.58 bits per heavy atom. The first-order valence-corrected chi connectivity index (χ1v) is 12.3. The maximum absolute atomic E-state index is 13.4. The van der Waals surface area contributed by atoms with Gasteiger partial charge in [0.1, 0.15) is 16.4 Å². The zero-order valence-electron chi connectivity index (χ0n) is 18.0. The van der Waals surface area contributed by atoms with Crippen molar-refractivity contribution in [1.82, 2.24) is 15.8 Å². The fourth-order valence-corrected chi connectivity index (χ4v) is 6.09. The third kappa shape index (κ3) is 4.22. The molecule has 2 aliphatic rings. The highest BCUT2D eigenvalue weighted by Crippen LogP contribution is 2.34. The third-order valence-corrected chi connectivity index (χ3v) is 8.07. The molecule has 0 saturated carbocycles. The summed E-state index contributed by atoms with van der Waals surface area (Å²) in [5.74, 6) is 0.526. The summed E-state index contributed by atoms with van der Waals surface area (Å²) in [6, 6.07) is 10.2. The molecule has 4 rings (SSSR count). The number of nitrogens with zero attached hydrogens (tertiary/aromatic N) is 2. The van der Waals surface area contributed by atoms with Crippen LogP contribution in [0.15, 0.2) is 45.7 Å². The molecule has 168 valence electrons. The summed E-state index contributed by atoms with van der Waals surface area (Å²) in [5, 5.41) is 0. The van der Waals surface area contributed by atoms with E-state index in [4.69, 9.17) is 4.42 Å². The summed E-state index contributed by atoms with van der Waals surface area (Å²) in [7, 11) is -3.81. The molecule has 2 aliphatic heterocycles. The van der Waals surface area contributed by atoms with Gasteiger partial charge in [0.2, 0.25) is 5.91 Å². The van der Waals surface area contributed by atoms with E-state index < -0.39 is 16.1 Å². The number of hydrazine groups is 1. The first-order chi connectivity index (χ1) is 14.9. The minimum absolute atomic E-state index is 0.0835. The van der Waals surface area contributed by atoms with E-state index in [0.717, 1.165) is 32.4 Å². The monoisotopic (exact) mass is 446 g/mol. The topological polar surface area (TPSA) is 94.9 Å². The van der Waals surface area contributed by atoms with E-state index in [9.17, 15) is 13.2 Å². The van der Waals surface area contributed by atoms with Gasteiger partial charge in [0.15, 0.2) is 0 Å². The van der Waals surface area contributed by atoms with Crippen LogP contribution in [0.5, 0.6) is 0 Å². The van der Waals surface area contributed by atoms with E-state index in [-0.39, 0.29) is 16.7 Å². The van der Waals surface area contributed by atoms with Crippen molar-refractivity contribution in [1.29, 1.82) is 0 Å². The summed E-state index contributed by atoms with van der Waals surface area (Å²) < 4.78 is 34.1. The first kappa shape index (κ1) is 21.9. The van der Waals surface area contributed by atoms with Gasteiger partial charge in [0.05, 0.1) is 17.6 Å². The summed E-state index contributed by atoms with van der Waals surface area (Å²) in [6.45, 7) is 5.79. The van der Waals surface area contributed by atoms with Crippen LogP contribution in [-0.4, -0.2) is 45.4 Å². The predicted octanol–water partition coefficient (Wildman–Crippen LogP) is 2.58. The lowest BCUT2D eigenvalue weighted by molar-refractivity contribution is -0.136. The van der Waals surface area contributed by atoms with Crippen LogP contribution in [0, 0.1) is 12.8 Å². The number of hydrogen-bond acceptors (Lipinski definition) is 6. The number of carbonyl (C=O) groups is 1. The number of para-hydroxylation sites is 1. The Hall–Kier alpha value is -2.36. The Morgan fingerprint density at radius 2 is 1.90 bits per heavy atom. The van der Waals surface area contributed by atoms with Gasteiger partial charge in [-0.15, -0.1) is 0 Å². The van der Waals surface area contributed by atoms with Crippen molar-refractivity contribution in [3.63, 3.8) is 0 Å². The zero-order valence-corrected chi connectivity index (χ0v) is 18.8. The highest BCUT2D eigenvalue weighted by Gasteiger charge is 2.40. The molecule has 1 aromatic carbocycles. The molecule has 9 heteroatoms. The number of hydrogen-bond donors (Lipinski definition) is 2. The Morgan fingerprint density at radius 1 is 1.19 bits per heavy atom. The van der Waals surface area contributed by atoms with Crippen molar-refractivity contribution in [2.75, 3.05) is 30.5 Å². The Balaban J connectivity index is 1.61. The van der Waals surface area contributed by atoms with Crippen molar-refractivity contribution in [3.8, 4) is 0 Å². The molecule has 3 heterocycles. The van der Waals surface area contributed by atoms with Gasteiger partial charge in [0.25, 0.3) is 10.0 Å². The lowest BCUT2D eigenvalue weighted by Crippen LogP contribution is -2.42. The van der Waals surface area contributed by atoms with Crippen LogP contribution in [0.25, 0.3) is 0 Å². The summed E-state index contributed by atoms with van der Waals surface area (Å²) in [5.41, 5.74) is 6.76. The molecule has 1 aromatic heterocycles. The minimum atomic E-state index is -3.81. The Bertz CT molecular complexity index is 1020. The number of anilines is 1. The van der Waals surface area contributed by atoms with Crippen molar-refractivity contribution in [2.24, 2.45) is 5.92 Å². The third-order valence-electron chi connectivity index (χ3n) is 6.06. The minimum Gasteiger partial charge on any atom is -0.463 e. The van der Waals surface area contributed by atoms with Crippen LogP contribution in [0.3, 0.4) is 0 Å². The van der Waals surface area contributed by atoms with Gasteiger partial charge >= 0.3 is 0 Å². The lowest BCUT2D eigenvalue weighted by atomic mass is 9.97. The van der Waals surface area contributed by atoms with Gasteiger partial charge in [-0.05, 0) is 45.2 Å². The number of aryl methyl sites for hydroxylation is 1. The Labute approximate surface area is 183 Å². The second kappa shape index (κ2) is 9.02. The fraction of sp³-hybridized carbons (Fsp3) is 0.500. The van der Waals surface area contributed by atoms with Crippen LogP contribution in [-0.2, 0) is 14.8 Å². The molecule has 2 fully saturated rings. The van der Waals surface area contributed by atoms with Gasteiger partial charge in [-0.2, -0.15) is 0 Å². The molecular formula is C22H30N4O4S. The lowest BCUT2D eigenvalue weighted by Gasteiger charge is -2.30. The van der Waals surface area contributed by atoms with Gasteiger partial charge in [-0.25, -0.2) is 13.8 Å². The average molecular weight is 447 g/mol. The number of furan rings is 1. The average Bonchev–Trinajstić information content (AvgIpc) is 3.42. The largest absolute Gasteiger partial charge is 0.463 e.